The Hall–Kier alpha value is -0.770. The molecule has 0 saturated heterocycles. The maximum absolute atomic E-state index is 10.9. The summed E-state index contributed by atoms with van der Waals surface area (Å²) in [7, 11) is 1.56. The van der Waals surface area contributed by atoms with Gasteiger partial charge in [-0.3, -0.25) is 0 Å². The van der Waals surface area contributed by atoms with Gasteiger partial charge in [0.25, 0.3) is 0 Å². The van der Waals surface area contributed by atoms with Crippen LogP contribution in [-0.4, -0.2) is 7.11 Å². The summed E-state index contributed by atoms with van der Waals surface area (Å²) in [4.78, 5) is 0. The monoisotopic (exact) mass is 217 g/mol. The van der Waals surface area contributed by atoms with Crippen molar-refractivity contribution in [2.75, 3.05) is 7.11 Å². The van der Waals surface area contributed by atoms with E-state index in [1.807, 2.05) is 0 Å². The Labute approximate surface area is 73.3 Å². The minimum Gasteiger partial charge on any atom is -0.618 e. The Morgan fingerprint density at radius 3 is 2.82 bits per heavy atom. The first-order valence-electron chi connectivity index (χ1n) is 3.08. The van der Waals surface area contributed by atoms with Crippen molar-refractivity contribution in [1.29, 1.82) is 0 Å². The number of ether oxygens (including phenoxy) is 1. The second-order valence-corrected chi connectivity index (χ2v) is 3.01. The zero-order valence-electron chi connectivity index (χ0n) is 6.30. The summed E-state index contributed by atoms with van der Waals surface area (Å²) < 4.78 is 6.43. The van der Waals surface area contributed by atoms with Crippen LogP contribution in [0.25, 0.3) is 0 Å². The molecule has 0 radical (unpaired) electrons. The molecule has 0 aliphatic heterocycles. The molecule has 0 amide bonds. The van der Waals surface area contributed by atoms with Gasteiger partial charge in [-0.25, -0.2) is 0 Å². The molecule has 0 aromatic carbocycles. The van der Waals surface area contributed by atoms with Crippen LogP contribution in [0.3, 0.4) is 0 Å². The lowest BCUT2D eigenvalue weighted by Crippen LogP contribution is -2.29. The van der Waals surface area contributed by atoms with Crippen LogP contribution in [-0.2, 0) is 0 Å². The highest BCUT2D eigenvalue weighted by molar-refractivity contribution is 9.10. The Morgan fingerprint density at radius 1 is 1.64 bits per heavy atom. The van der Waals surface area contributed by atoms with E-state index in [1.54, 1.807) is 20.1 Å². The first kappa shape index (κ1) is 8.33. The van der Waals surface area contributed by atoms with Gasteiger partial charge < -0.3 is 9.94 Å². The lowest BCUT2D eigenvalue weighted by atomic mass is 10.3. The molecule has 4 heteroatoms. The van der Waals surface area contributed by atoms with Gasteiger partial charge in [-0.15, -0.1) is 0 Å². The predicted molar refractivity (Wildman–Crippen MR) is 44.4 cm³/mol. The third-order valence-corrected chi connectivity index (χ3v) is 1.97. The third-order valence-electron chi connectivity index (χ3n) is 1.37. The molecule has 0 aliphatic carbocycles. The summed E-state index contributed by atoms with van der Waals surface area (Å²) in [6.45, 7) is 1.72. The number of methoxy groups -OCH3 is 1. The van der Waals surface area contributed by atoms with Crippen LogP contribution >= 0.6 is 15.9 Å². The summed E-state index contributed by atoms with van der Waals surface area (Å²) in [6.07, 6.45) is 1.42. The molecule has 0 unspecified atom stereocenters. The van der Waals surface area contributed by atoms with Crippen LogP contribution in [0.1, 0.15) is 5.69 Å². The van der Waals surface area contributed by atoms with Gasteiger partial charge in [-0.1, -0.05) is 0 Å². The van der Waals surface area contributed by atoms with Gasteiger partial charge in [0, 0.05) is 13.0 Å². The average molecular weight is 218 g/mol. The smallest absolute Gasteiger partial charge is 0.198 e. The summed E-state index contributed by atoms with van der Waals surface area (Å²) in [5, 5.41) is 10.9. The Kier molecular flexibility index (Phi) is 2.34. The first-order chi connectivity index (χ1) is 5.15. The summed E-state index contributed by atoms with van der Waals surface area (Å²) in [5.41, 5.74) is 0.616. The predicted octanol–water partition coefficient (Wildman–Crippen LogP) is 1.40. The van der Waals surface area contributed by atoms with Crippen LogP contribution in [0.5, 0.6) is 5.75 Å². The molecule has 60 valence electrons. The van der Waals surface area contributed by atoms with E-state index in [2.05, 4.69) is 15.9 Å². The fourth-order valence-electron chi connectivity index (χ4n) is 0.747. The highest BCUT2D eigenvalue weighted by atomic mass is 79.9. The van der Waals surface area contributed by atoms with Crippen molar-refractivity contribution in [2.45, 2.75) is 6.92 Å². The number of aryl methyl sites for hydroxylation is 1. The fraction of sp³-hybridized carbons (Fsp3) is 0.286. The highest BCUT2D eigenvalue weighted by Gasteiger charge is 2.06. The van der Waals surface area contributed by atoms with Crippen LogP contribution in [0.2, 0.25) is 0 Å². The van der Waals surface area contributed by atoms with Crippen LogP contribution in [0.4, 0.5) is 0 Å². The molecule has 0 saturated carbocycles. The van der Waals surface area contributed by atoms with Crippen molar-refractivity contribution >= 4 is 15.9 Å². The highest BCUT2D eigenvalue weighted by Crippen LogP contribution is 2.22. The molecule has 0 aliphatic rings. The summed E-state index contributed by atoms with van der Waals surface area (Å²) >= 11 is 3.20. The van der Waals surface area contributed by atoms with Crippen LogP contribution in [0, 0.1) is 12.1 Å². The SMILES string of the molecule is COc1cc(C)[n+]([O-])cc1Br. The minimum atomic E-state index is 0.616. The number of pyridine rings is 1. The van der Waals surface area contributed by atoms with E-state index < -0.39 is 0 Å². The van der Waals surface area contributed by atoms with Gasteiger partial charge in [0.1, 0.15) is 10.2 Å². The molecule has 1 aromatic rings. The van der Waals surface area contributed by atoms with E-state index in [1.165, 1.54) is 6.20 Å². The van der Waals surface area contributed by atoms with Gasteiger partial charge in [0.15, 0.2) is 11.9 Å². The van der Waals surface area contributed by atoms with Gasteiger partial charge in [0.2, 0.25) is 0 Å². The third kappa shape index (κ3) is 1.63. The van der Waals surface area contributed by atoms with Crippen molar-refractivity contribution in [3.8, 4) is 5.75 Å². The quantitative estimate of drug-likeness (QED) is 0.527. The molecule has 1 aromatic heterocycles. The topological polar surface area (TPSA) is 36.2 Å². The Morgan fingerprint density at radius 2 is 2.27 bits per heavy atom. The number of halogens is 1. The number of hydrogen-bond acceptors (Lipinski definition) is 2. The van der Waals surface area contributed by atoms with Crippen molar-refractivity contribution in [2.24, 2.45) is 0 Å². The molecule has 1 rings (SSSR count). The molecule has 0 fully saturated rings. The van der Waals surface area contributed by atoms with E-state index >= 15 is 0 Å². The number of aromatic nitrogens is 1. The number of hydrogen-bond donors (Lipinski definition) is 0. The van der Waals surface area contributed by atoms with Gasteiger partial charge in [-0.2, -0.15) is 4.73 Å². The van der Waals surface area contributed by atoms with Gasteiger partial charge >= 0.3 is 0 Å². The minimum absolute atomic E-state index is 0.616. The standard InChI is InChI=1S/C7H8BrNO2/c1-5-3-7(11-2)6(8)4-9(5)10/h3-4H,1-2H3. The average Bonchev–Trinajstić information content (AvgIpc) is 1.97. The second kappa shape index (κ2) is 3.09. The lowest BCUT2D eigenvalue weighted by molar-refractivity contribution is -0.613. The van der Waals surface area contributed by atoms with Crippen molar-refractivity contribution in [3.05, 3.63) is 27.6 Å². The zero-order chi connectivity index (χ0) is 8.43. The molecule has 11 heavy (non-hydrogen) atoms. The van der Waals surface area contributed by atoms with Crippen molar-refractivity contribution in [3.63, 3.8) is 0 Å². The van der Waals surface area contributed by atoms with E-state index in [-0.39, 0.29) is 0 Å². The molecule has 0 bridgehead atoms. The Balaban J connectivity index is 3.21. The maximum Gasteiger partial charge on any atom is 0.198 e. The lowest BCUT2D eigenvalue weighted by Gasteiger charge is -2.04. The van der Waals surface area contributed by atoms with E-state index in [9.17, 15) is 5.21 Å². The number of rotatable bonds is 1. The molecule has 3 nitrogen and oxygen atoms in total. The maximum atomic E-state index is 10.9. The Bertz CT molecular complexity index is 275. The van der Waals surface area contributed by atoms with E-state index in [4.69, 9.17) is 4.74 Å². The molecule has 0 spiro atoms. The largest absolute Gasteiger partial charge is 0.618 e. The molecule has 0 N–H and O–H groups in total. The molecule has 0 atom stereocenters. The zero-order valence-corrected chi connectivity index (χ0v) is 7.88. The fourth-order valence-corrected chi connectivity index (χ4v) is 1.21. The van der Waals surface area contributed by atoms with E-state index in [0.29, 0.717) is 15.9 Å². The normalized spacial score (nSPS) is 9.73. The first-order valence-corrected chi connectivity index (χ1v) is 3.87. The number of nitrogens with zero attached hydrogens (tertiary/aromatic N) is 1. The van der Waals surface area contributed by atoms with E-state index in [0.717, 1.165) is 4.73 Å². The van der Waals surface area contributed by atoms with Crippen LogP contribution < -0.4 is 9.47 Å². The summed E-state index contributed by atoms with van der Waals surface area (Å²) in [5.74, 6) is 0.676. The molecule has 1 heterocycles. The van der Waals surface area contributed by atoms with Crippen molar-refractivity contribution in [1.82, 2.24) is 0 Å². The second-order valence-electron chi connectivity index (χ2n) is 2.16. The van der Waals surface area contributed by atoms with Crippen LogP contribution in [0.15, 0.2) is 16.7 Å². The molecular formula is C7H8BrNO2. The summed E-state index contributed by atoms with van der Waals surface area (Å²) in [6, 6.07) is 1.68. The van der Waals surface area contributed by atoms with Gasteiger partial charge in [-0.05, 0) is 15.9 Å². The van der Waals surface area contributed by atoms with Crippen molar-refractivity contribution < 1.29 is 9.47 Å². The van der Waals surface area contributed by atoms with Gasteiger partial charge in [0.05, 0.1) is 7.11 Å². The molecular weight excluding hydrogens is 210 g/mol.